The van der Waals surface area contributed by atoms with Crippen molar-refractivity contribution in [1.82, 2.24) is 0 Å². The number of aliphatic hydroxyl groups excluding tert-OH is 1. The number of hydrogen-bond donors (Lipinski definition) is 1. The third-order valence-corrected chi connectivity index (χ3v) is 5.12. The van der Waals surface area contributed by atoms with E-state index in [2.05, 4.69) is 15.9 Å². The maximum atomic E-state index is 13.7. The summed E-state index contributed by atoms with van der Waals surface area (Å²) in [4.78, 5) is 0. The zero-order chi connectivity index (χ0) is 13.8. The Bertz CT molecular complexity index is 502. The van der Waals surface area contributed by atoms with E-state index in [1.807, 2.05) is 0 Å². The first-order valence-corrected chi connectivity index (χ1v) is 8.31. The maximum absolute atomic E-state index is 13.7. The van der Waals surface area contributed by atoms with E-state index in [0.717, 1.165) is 0 Å². The van der Waals surface area contributed by atoms with Crippen LogP contribution >= 0.6 is 15.9 Å². The molecule has 0 radical (unpaired) electrons. The Labute approximate surface area is 115 Å². The van der Waals surface area contributed by atoms with E-state index in [4.69, 9.17) is 0 Å². The Morgan fingerprint density at radius 3 is 2.72 bits per heavy atom. The second-order valence-corrected chi connectivity index (χ2v) is 7.36. The number of rotatable bonds is 6. The summed E-state index contributed by atoms with van der Waals surface area (Å²) < 4.78 is 36.5. The monoisotopic (exact) mass is 338 g/mol. The van der Waals surface area contributed by atoms with Crippen LogP contribution in [0.5, 0.6) is 0 Å². The lowest BCUT2D eigenvalue weighted by molar-refractivity contribution is 0.162. The van der Waals surface area contributed by atoms with Crippen molar-refractivity contribution in [2.75, 3.05) is 11.5 Å². The van der Waals surface area contributed by atoms with Crippen molar-refractivity contribution in [3.63, 3.8) is 0 Å². The molecule has 0 spiro atoms. The molecule has 18 heavy (non-hydrogen) atoms. The van der Waals surface area contributed by atoms with Gasteiger partial charge in [0.2, 0.25) is 0 Å². The summed E-state index contributed by atoms with van der Waals surface area (Å²) in [5.74, 6) is -0.381. The van der Waals surface area contributed by atoms with Crippen LogP contribution in [0.25, 0.3) is 0 Å². The van der Waals surface area contributed by atoms with Crippen molar-refractivity contribution in [3.05, 3.63) is 34.1 Å². The normalized spacial score (nSPS) is 13.6. The second kappa shape index (κ2) is 6.63. The van der Waals surface area contributed by atoms with E-state index < -0.39 is 21.8 Å². The van der Waals surface area contributed by atoms with E-state index in [1.165, 1.54) is 6.07 Å². The van der Waals surface area contributed by atoms with Gasteiger partial charge in [0.15, 0.2) is 0 Å². The van der Waals surface area contributed by atoms with Gasteiger partial charge in [-0.25, -0.2) is 12.8 Å². The third-order valence-electron chi connectivity index (χ3n) is 2.71. The molecule has 0 aliphatic rings. The Morgan fingerprint density at radius 2 is 2.11 bits per heavy atom. The van der Waals surface area contributed by atoms with Crippen molar-refractivity contribution in [2.24, 2.45) is 0 Å². The SMILES string of the molecule is CCS(=O)(=O)CCCC(O)c1cccc(Br)c1F. The molecule has 0 saturated heterocycles. The lowest BCUT2D eigenvalue weighted by Gasteiger charge is -2.12. The summed E-state index contributed by atoms with van der Waals surface area (Å²) in [6, 6.07) is 4.68. The maximum Gasteiger partial charge on any atom is 0.150 e. The molecule has 3 nitrogen and oxygen atoms in total. The summed E-state index contributed by atoms with van der Waals surface area (Å²) in [5.41, 5.74) is 0.193. The quantitative estimate of drug-likeness (QED) is 0.867. The van der Waals surface area contributed by atoms with Crippen LogP contribution in [-0.2, 0) is 9.84 Å². The van der Waals surface area contributed by atoms with Crippen LogP contribution in [0.3, 0.4) is 0 Å². The smallest absolute Gasteiger partial charge is 0.150 e. The zero-order valence-corrected chi connectivity index (χ0v) is 12.5. The van der Waals surface area contributed by atoms with Gasteiger partial charge in [-0.05, 0) is 34.8 Å². The Kier molecular flexibility index (Phi) is 5.75. The molecule has 0 aromatic heterocycles. The molecule has 0 bridgehead atoms. The van der Waals surface area contributed by atoms with Crippen LogP contribution < -0.4 is 0 Å². The summed E-state index contributed by atoms with van der Waals surface area (Å²) in [5, 5.41) is 9.84. The van der Waals surface area contributed by atoms with Crippen molar-refractivity contribution >= 4 is 25.8 Å². The van der Waals surface area contributed by atoms with Crippen LogP contribution in [0.2, 0.25) is 0 Å². The minimum Gasteiger partial charge on any atom is -0.388 e. The van der Waals surface area contributed by atoms with Crippen molar-refractivity contribution in [2.45, 2.75) is 25.9 Å². The molecule has 1 unspecified atom stereocenters. The molecule has 0 aliphatic heterocycles. The number of hydrogen-bond acceptors (Lipinski definition) is 3. The summed E-state index contributed by atoms with van der Waals surface area (Å²) >= 11 is 3.04. The van der Waals surface area contributed by atoms with E-state index in [1.54, 1.807) is 19.1 Å². The van der Waals surface area contributed by atoms with Crippen LogP contribution in [0, 0.1) is 5.82 Å². The van der Waals surface area contributed by atoms with Gasteiger partial charge in [0.05, 0.1) is 16.3 Å². The van der Waals surface area contributed by atoms with Gasteiger partial charge < -0.3 is 5.11 Å². The molecule has 0 aliphatic carbocycles. The van der Waals surface area contributed by atoms with Gasteiger partial charge in [-0.3, -0.25) is 0 Å². The van der Waals surface area contributed by atoms with Gasteiger partial charge in [-0.15, -0.1) is 0 Å². The van der Waals surface area contributed by atoms with Crippen LogP contribution in [0.4, 0.5) is 4.39 Å². The zero-order valence-electron chi connectivity index (χ0n) is 10.1. The molecule has 0 fully saturated rings. The summed E-state index contributed by atoms with van der Waals surface area (Å²) in [7, 11) is -3.03. The van der Waals surface area contributed by atoms with Crippen molar-refractivity contribution in [1.29, 1.82) is 0 Å². The highest BCUT2D eigenvalue weighted by Gasteiger charge is 2.16. The average Bonchev–Trinajstić information content (AvgIpc) is 2.32. The topological polar surface area (TPSA) is 54.4 Å². The fourth-order valence-electron chi connectivity index (χ4n) is 1.57. The minimum atomic E-state index is -3.03. The highest BCUT2D eigenvalue weighted by atomic mass is 79.9. The molecule has 6 heteroatoms. The predicted molar refractivity (Wildman–Crippen MR) is 72.6 cm³/mol. The fourth-order valence-corrected chi connectivity index (χ4v) is 2.85. The fraction of sp³-hybridized carbons (Fsp3) is 0.500. The van der Waals surface area contributed by atoms with Crippen molar-refractivity contribution < 1.29 is 17.9 Å². The molecule has 0 saturated carbocycles. The Hall–Kier alpha value is -0.460. The highest BCUT2D eigenvalue weighted by molar-refractivity contribution is 9.10. The van der Waals surface area contributed by atoms with E-state index >= 15 is 0 Å². The number of halogens is 2. The number of aliphatic hydroxyl groups is 1. The first-order chi connectivity index (χ1) is 8.37. The third kappa shape index (κ3) is 4.33. The molecule has 1 aromatic carbocycles. The van der Waals surface area contributed by atoms with Gasteiger partial charge in [0.25, 0.3) is 0 Å². The highest BCUT2D eigenvalue weighted by Crippen LogP contribution is 2.26. The number of benzene rings is 1. The molecular weight excluding hydrogens is 323 g/mol. The molecule has 0 heterocycles. The largest absolute Gasteiger partial charge is 0.388 e. The molecule has 1 aromatic rings. The van der Waals surface area contributed by atoms with Gasteiger partial charge >= 0.3 is 0 Å². The summed E-state index contributed by atoms with van der Waals surface area (Å²) in [6.45, 7) is 1.58. The van der Waals surface area contributed by atoms with Crippen LogP contribution in [-0.4, -0.2) is 25.0 Å². The first-order valence-electron chi connectivity index (χ1n) is 5.69. The van der Waals surface area contributed by atoms with Gasteiger partial charge in [0, 0.05) is 11.3 Å². The van der Waals surface area contributed by atoms with Crippen LogP contribution in [0.15, 0.2) is 22.7 Å². The molecule has 102 valence electrons. The average molecular weight is 339 g/mol. The van der Waals surface area contributed by atoms with Crippen molar-refractivity contribution in [3.8, 4) is 0 Å². The predicted octanol–water partition coefficient (Wildman–Crippen LogP) is 2.84. The van der Waals surface area contributed by atoms with Gasteiger partial charge in [-0.1, -0.05) is 19.1 Å². The molecule has 1 N–H and O–H groups in total. The lowest BCUT2D eigenvalue weighted by atomic mass is 10.1. The molecule has 1 atom stereocenters. The Morgan fingerprint density at radius 1 is 1.44 bits per heavy atom. The molecule has 0 amide bonds. The number of sulfone groups is 1. The molecule has 1 rings (SSSR count). The molecular formula is C12H16BrFO3S. The van der Waals surface area contributed by atoms with E-state index in [-0.39, 0.29) is 23.5 Å². The standard InChI is InChI=1S/C12H16BrFO3S/c1-2-18(16,17)8-4-7-11(15)9-5-3-6-10(13)12(9)14/h3,5-6,11,15H,2,4,7-8H2,1H3. The van der Waals surface area contributed by atoms with Crippen LogP contribution in [0.1, 0.15) is 31.4 Å². The lowest BCUT2D eigenvalue weighted by Crippen LogP contribution is -2.10. The Balaban J connectivity index is 2.61. The summed E-state index contributed by atoms with van der Waals surface area (Å²) in [6.07, 6.45) is -0.426. The van der Waals surface area contributed by atoms with Gasteiger partial charge in [0.1, 0.15) is 15.7 Å². The van der Waals surface area contributed by atoms with E-state index in [9.17, 15) is 17.9 Å². The minimum absolute atomic E-state index is 0.0240. The van der Waals surface area contributed by atoms with E-state index in [0.29, 0.717) is 10.9 Å². The second-order valence-electron chi connectivity index (χ2n) is 4.04. The van der Waals surface area contributed by atoms with Gasteiger partial charge in [-0.2, -0.15) is 0 Å². The first kappa shape index (κ1) is 15.6.